The van der Waals surface area contributed by atoms with Crippen molar-refractivity contribution in [3.63, 3.8) is 0 Å². The van der Waals surface area contributed by atoms with Gasteiger partial charge in [0.2, 0.25) is 0 Å². The first-order valence-corrected chi connectivity index (χ1v) is 10.7. The Kier molecular flexibility index (Phi) is 5.58. The normalized spacial score (nSPS) is 25.6. The van der Waals surface area contributed by atoms with Crippen LogP contribution in [0.25, 0.3) is 0 Å². The monoisotopic (exact) mass is 385 g/mol. The molecular weight excluding hydrogens is 354 g/mol. The highest BCUT2D eigenvalue weighted by atomic mass is 16.5. The van der Waals surface area contributed by atoms with Crippen molar-refractivity contribution in [2.75, 3.05) is 20.3 Å². The van der Waals surface area contributed by atoms with E-state index in [1.54, 1.807) is 7.11 Å². The van der Waals surface area contributed by atoms with Crippen molar-refractivity contribution in [3.05, 3.63) is 29.8 Å². The van der Waals surface area contributed by atoms with E-state index in [0.717, 1.165) is 63.7 Å². The molecule has 3 fully saturated rings. The second-order valence-corrected chi connectivity index (χ2v) is 8.40. The Hall–Kier alpha value is -2.08. The molecule has 6 nitrogen and oxygen atoms in total. The molecule has 1 aromatic carbocycles. The number of nitrogens with zero attached hydrogens (tertiary/aromatic N) is 2. The van der Waals surface area contributed by atoms with Gasteiger partial charge in [0, 0.05) is 12.6 Å². The summed E-state index contributed by atoms with van der Waals surface area (Å²) in [4.78, 5) is 29.7. The number of nitrogens with one attached hydrogen (secondary N) is 1. The Morgan fingerprint density at radius 1 is 1.04 bits per heavy atom. The maximum atomic E-state index is 13.2. The van der Waals surface area contributed by atoms with E-state index in [1.165, 1.54) is 16.9 Å². The number of carbonyl (C=O) groups excluding carboxylic acids is 2. The number of hydrogen-bond donors (Lipinski definition) is 1. The minimum atomic E-state index is -0.642. The van der Waals surface area contributed by atoms with E-state index in [2.05, 4.69) is 22.3 Å². The van der Waals surface area contributed by atoms with Crippen LogP contribution < -0.4 is 10.1 Å². The summed E-state index contributed by atoms with van der Waals surface area (Å²) in [5.41, 5.74) is 0.582. The third kappa shape index (κ3) is 3.62. The molecule has 2 aliphatic heterocycles. The molecule has 3 aliphatic rings. The van der Waals surface area contributed by atoms with E-state index < -0.39 is 5.54 Å². The van der Waals surface area contributed by atoms with Crippen LogP contribution >= 0.6 is 0 Å². The van der Waals surface area contributed by atoms with Gasteiger partial charge in [-0.1, -0.05) is 44.2 Å². The fourth-order valence-electron chi connectivity index (χ4n) is 5.02. The molecule has 1 saturated carbocycles. The quantitative estimate of drug-likeness (QED) is 0.801. The average Bonchev–Trinajstić information content (AvgIpc) is 2.88. The smallest absolute Gasteiger partial charge is 0.326 e. The Morgan fingerprint density at radius 2 is 1.75 bits per heavy atom. The first kappa shape index (κ1) is 19.2. The third-order valence-corrected chi connectivity index (χ3v) is 6.64. The second-order valence-electron chi connectivity index (χ2n) is 8.40. The molecule has 1 N–H and O–H groups in total. The number of rotatable bonds is 4. The van der Waals surface area contributed by atoms with Gasteiger partial charge in [-0.25, -0.2) is 9.69 Å². The van der Waals surface area contributed by atoms with Crippen LogP contribution in [0.3, 0.4) is 0 Å². The number of urea groups is 1. The predicted octanol–water partition coefficient (Wildman–Crippen LogP) is 3.82. The Bertz CT molecular complexity index is 712. The lowest BCUT2D eigenvalue weighted by Gasteiger charge is -2.34. The number of likely N-dealkylation sites (tertiary alicyclic amines) is 1. The van der Waals surface area contributed by atoms with Crippen LogP contribution in [-0.4, -0.2) is 47.6 Å². The van der Waals surface area contributed by atoms with E-state index in [4.69, 9.17) is 4.74 Å². The number of hydrogen-bond acceptors (Lipinski definition) is 4. The lowest BCUT2D eigenvalue weighted by molar-refractivity contribution is -0.134. The van der Waals surface area contributed by atoms with Gasteiger partial charge in [0.1, 0.15) is 11.3 Å². The molecule has 0 radical (unpaired) electrons. The summed E-state index contributed by atoms with van der Waals surface area (Å²) < 4.78 is 5.29. The number of benzene rings is 1. The molecule has 0 unspecified atom stereocenters. The maximum Gasteiger partial charge on any atom is 0.326 e. The molecule has 152 valence electrons. The Morgan fingerprint density at radius 3 is 2.46 bits per heavy atom. The fraction of sp³-hybridized carbons (Fsp3) is 0.636. The molecule has 4 rings (SSSR count). The second kappa shape index (κ2) is 8.11. The number of carbonyl (C=O) groups is 2. The summed E-state index contributed by atoms with van der Waals surface area (Å²) in [7, 11) is 1.67. The van der Waals surface area contributed by atoms with Crippen LogP contribution in [0.2, 0.25) is 0 Å². The molecule has 28 heavy (non-hydrogen) atoms. The molecule has 2 heterocycles. The van der Waals surface area contributed by atoms with Crippen molar-refractivity contribution in [2.45, 2.75) is 69.4 Å². The van der Waals surface area contributed by atoms with E-state index in [1.807, 2.05) is 12.1 Å². The molecule has 1 aromatic rings. The molecule has 2 saturated heterocycles. The van der Waals surface area contributed by atoms with Gasteiger partial charge in [0.05, 0.1) is 13.8 Å². The van der Waals surface area contributed by atoms with Crippen molar-refractivity contribution in [1.29, 1.82) is 0 Å². The van der Waals surface area contributed by atoms with Gasteiger partial charge >= 0.3 is 6.03 Å². The fourth-order valence-corrected chi connectivity index (χ4v) is 5.02. The topological polar surface area (TPSA) is 61.9 Å². The number of imide groups is 1. The molecule has 0 aromatic heterocycles. The Labute approximate surface area is 167 Å². The molecule has 1 aliphatic carbocycles. The average molecular weight is 386 g/mol. The van der Waals surface area contributed by atoms with Crippen molar-refractivity contribution >= 4 is 11.9 Å². The minimum Gasteiger partial charge on any atom is -0.497 e. The third-order valence-electron chi connectivity index (χ3n) is 6.64. The zero-order chi connectivity index (χ0) is 19.6. The summed E-state index contributed by atoms with van der Waals surface area (Å²) in [5, 5.41) is 3.04. The van der Waals surface area contributed by atoms with Crippen LogP contribution in [-0.2, 0) is 4.79 Å². The molecule has 6 heteroatoms. The highest BCUT2D eigenvalue weighted by Gasteiger charge is 2.51. The van der Waals surface area contributed by atoms with E-state index >= 15 is 0 Å². The minimum absolute atomic E-state index is 0.0186. The highest BCUT2D eigenvalue weighted by molar-refractivity contribution is 6.07. The van der Waals surface area contributed by atoms with E-state index in [-0.39, 0.29) is 18.0 Å². The molecule has 1 spiro atoms. The van der Waals surface area contributed by atoms with Crippen LogP contribution in [0.5, 0.6) is 5.75 Å². The van der Waals surface area contributed by atoms with Gasteiger partial charge in [-0.3, -0.25) is 9.69 Å². The standard InChI is InChI=1S/C22H31N3O3/c1-28-18-11-9-17(10-12-18)19-8-4-2-7-15-24(19)16-25-20(26)22(23-21(25)27)13-5-3-6-14-22/h9-12,19H,2-8,13-16H2,1H3,(H,23,27)/t19-/m0/s1. The van der Waals surface area contributed by atoms with Crippen molar-refractivity contribution in [1.82, 2.24) is 15.1 Å². The van der Waals surface area contributed by atoms with Crippen LogP contribution in [0, 0.1) is 0 Å². The van der Waals surface area contributed by atoms with Crippen molar-refractivity contribution in [3.8, 4) is 5.75 Å². The zero-order valence-electron chi connectivity index (χ0n) is 16.8. The first-order valence-electron chi connectivity index (χ1n) is 10.7. The van der Waals surface area contributed by atoms with Crippen molar-refractivity contribution < 1.29 is 14.3 Å². The van der Waals surface area contributed by atoms with Gasteiger partial charge in [-0.05, 0) is 43.4 Å². The van der Waals surface area contributed by atoms with E-state index in [9.17, 15) is 9.59 Å². The van der Waals surface area contributed by atoms with Crippen LogP contribution in [0.4, 0.5) is 4.79 Å². The number of amides is 3. The summed E-state index contributed by atoms with van der Waals surface area (Å²) in [6, 6.07) is 8.19. The van der Waals surface area contributed by atoms with Crippen LogP contribution in [0.1, 0.15) is 69.4 Å². The molecule has 1 atom stereocenters. The number of methoxy groups -OCH3 is 1. The van der Waals surface area contributed by atoms with Gasteiger partial charge in [-0.15, -0.1) is 0 Å². The zero-order valence-corrected chi connectivity index (χ0v) is 16.8. The molecule has 0 bridgehead atoms. The summed E-state index contributed by atoms with van der Waals surface area (Å²) in [5.74, 6) is 0.826. The highest BCUT2D eigenvalue weighted by Crippen LogP contribution is 2.36. The summed E-state index contributed by atoms with van der Waals surface area (Å²) in [6.07, 6.45) is 9.21. The van der Waals surface area contributed by atoms with Crippen LogP contribution in [0.15, 0.2) is 24.3 Å². The maximum absolute atomic E-state index is 13.2. The predicted molar refractivity (Wildman–Crippen MR) is 107 cm³/mol. The van der Waals surface area contributed by atoms with Gasteiger partial charge < -0.3 is 10.1 Å². The van der Waals surface area contributed by atoms with E-state index in [0.29, 0.717) is 6.67 Å². The molecular formula is C22H31N3O3. The largest absolute Gasteiger partial charge is 0.497 e. The Balaban J connectivity index is 1.53. The summed E-state index contributed by atoms with van der Waals surface area (Å²) in [6.45, 7) is 1.28. The lowest BCUT2D eigenvalue weighted by Crippen LogP contribution is -2.49. The summed E-state index contributed by atoms with van der Waals surface area (Å²) >= 11 is 0. The van der Waals surface area contributed by atoms with Crippen molar-refractivity contribution in [2.24, 2.45) is 0 Å². The SMILES string of the molecule is COc1ccc([C@@H]2CCCCCN2CN2C(=O)NC3(CCCCC3)C2=O)cc1. The van der Waals surface area contributed by atoms with Gasteiger partial charge in [0.15, 0.2) is 0 Å². The first-order chi connectivity index (χ1) is 13.6. The van der Waals surface area contributed by atoms with Gasteiger partial charge in [-0.2, -0.15) is 0 Å². The number of ether oxygens (including phenoxy) is 1. The van der Waals surface area contributed by atoms with Gasteiger partial charge in [0.25, 0.3) is 5.91 Å². The lowest BCUT2D eigenvalue weighted by atomic mass is 9.82. The molecule has 3 amide bonds.